The number of hydrogen-bond acceptors (Lipinski definition) is 4. The molecule has 1 aromatic heterocycles. The fourth-order valence-corrected chi connectivity index (χ4v) is 1.80. The number of oxime groups is 1. The van der Waals surface area contributed by atoms with Gasteiger partial charge in [0.1, 0.15) is 5.69 Å². The van der Waals surface area contributed by atoms with E-state index in [-0.39, 0.29) is 17.8 Å². The van der Waals surface area contributed by atoms with Crippen molar-refractivity contribution in [1.29, 1.82) is 0 Å². The number of amidine groups is 1. The summed E-state index contributed by atoms with van der Waals surface area (Å²) >= 11 is 0. The van der Waals surface area contributed by atoms with E-state index in [0.717, 1.165) is 0 Å². The van der Waals surface area contributed by atoms with Gasteiger partial charge in [0.05, 0.1) is 0 Å². The molecular weight excluding hydrogens is 256 g/mol. The topological polar surface area (TPSA) is 91.8 Å². The minimum absolute atomic E-state index is 0.0283. The van der Waals surface area contributed by atoms with Gasteiger partial charge in [-0.1, -0.05) is 19.0 Å². The van der Waals surface area contributed by atoms with Crippen molar-refractivity contribution in [2.45, 2.75) is 33.7 Å². The lowest BCUT2D eigenvalue weighted by molar-refractivity contribution is 0.0676. The molecule has 0 saturated carbocycles. The lowest BCUT2D eigenvalue weighted by Gasteiger charge is -2.28. The quantitative estimate of drug-likeness (QED) is 0.371. The highest BCUT2D eigenvalue weighted by Crippen LogP contribution is 2.10. The van der Waals surface area contributed by atoms with Crippen LogP contribution in [0.25, 0.3) is 0 Å². The second-order valence-electron chi connectivity index (χ2n) is 5.36. The summed E-state index contributed by atoms with van der Waals surface area (Å²) in [4.78, 5) is 18.3. The Labute approximate surface area is 119 Å². The van der Waals surface area contributed by atoms with Crippen molar-refractivity contribution >= 4 is 11.7 Å². The van der Waals surface area contributed by atoms with Crippen molar-refractivity contribution in [3.63, 3.8) is 0 Å². The van der Waals surface area contributed by atoms with Crippen LogP contribution in [0.1, 0.15) is 43.7 Å². The fraction of sp³-hybridized carbons (Fsp3) is 0.500. The summed E-state index contributed by atoms with van der Waals surface area (Å²) in [6.07, 6.45) is 1.43. The van der Waals surface area contributed by atoms with Gasteiger partial charge in [-0.15, -0.1) is 0 Å². The maximum Gasteiger partial charge on any atom is 0.272 e. The molecule has 0 aliphatic heterocycles. The van der Waals surface area contributed by atoms with Gasteiger partial charge in [-0.3, -0.25) is 9.78 Å². The zero-order chi connectivity index (χ0) is 15.3. The zero-order valence-corrected chi connectivity index (χ0v) is 12.4. The van der Waals surface area contributed by atoms with Gasteiger partial charge < -0.3 is 15.8 Å². The van der Waals surface area contributed by atoms with Crippen LogP contribution < -0.4 is 5.73 Å². The predicted octanol–water partition coefficient (Wildman–Crippen LogP) is 1.68. The Bertz CT molecular complexity index is 480. The molecule has 1 rings (SSSR count). The van der Waals surface area contributed by atoms with E-state index < -0.39 is 0 Å². The number of amides is 1. The molecule has 0 saturated heterocycles. The number of aromatic nitrogens is 1. The summed E-state index contributed by atoms with van der Waals surface area (Å²) < 4.78 is 0. The van der Waals surface area contributed by atoms with E-state index in [1.807, 2.05) is 13.8 Å². The summed E-state index contributed by atoms with van der Waals surface area (Å²) in [5, 5.41) is 11.5. The van der Waals surface area contributed by atoms with Gasteiger partial charge in [0, 0.05) is 24.3 Å². The molecule has 20 heavy (non-hydrogen) atoms. The van der Waals surface area contributed by atoms with E-state index in [0.29, 0.717) is 23.7 Å². The third kappa shape index (κ3) is 3.94. The Kier molecular flexibility index (Phi) is 5.49. The van der Waals surface area contributed by atoms with Gasteiger partial charge in [-0.25, -0.2) is 0 Å². The molecule has 0 aliphatic carbocycles. The van der Waals surface area contributed by atoms with Crippen LogP contribution in [0.4, 0.5) is 0 Å². The van der Waals surface area contributed by atoms with Crippen molar-refractivity contribution in [3.05, 3.63) is 29.6 Å². The molecule has 1 aromatic rings. The number of pyridine rings is 1. The van der Waals surface area contributed by atoms with Crippen molar-refractivity contribution in [3.8, 4) is 0 Å². The normalized spacial score (nSPS) is 12.0. The summed E-state index contributed by atoms with van der Waals surface area (Å²) in [5.41, 5.74) is 6.29. The fourth-order valence-electron chi connectivity index (χ4n) is 1.80. The average Bonchev–Trinajstić information content (AvgIpc) is 2.43. The standard InChI is InChI=1S/C14H22N4O2/c1-9(2)8-18(10(3)4)14(19)12-6-5-11(7-16-12)13(15)17-20/h5-7,9-10,20H,8H2,1-4H3,(H2,15,17). The first kappa shape index (κ1) is 15.9. The number of carbonyl (C=O) groups excluding carboxylic acids is 1. The van der Waals surface area contributed by atoms with Crippen LogP contribution in [0.5, 0.6) is 0 Å². The number of carbonyl (C=O) groups is 1. The van der Waals surface area contributed by atoms with Gasteiger partial charge in [-0.2, -0.15) is 0 Å². The van der Waals surface area contributed by atoms with Gasteiger partial charge >= 0.3 is 0 Å². The SMILES string of the molecule is CC(C)CN(C(=O)c1ccc(C(N)=NO)cn1)C(C)C. The molecular formula is C14H22N4O2. The molecule has 0 unspecified atom stereocenters. The Balaban J connectivity index is 2.95. The maximum absolute atomic E-state index is 12.4. The van der Waals surface area contributed by atoms with E-state index >= 15 is 0 Å². The number of nitrogens with zero attached hydrogens (tertiary/aromatic N) is 3. The summed E-state index contributed by atoms with van der Waals surface area (Å²) in [6, 6.07) is 3.31. The first-order valence-electron chi connectivity index (χ1n) is 6.61. The molecule has 110 valence electrons. The molecule has 0 aliphatic rings. The number of nitrogens with two attached hydrogens (primary N) is 1. The molecule has 0 aromatic carbocycles. The molecule has 6 heteroatoms. The lowest BCUT2D eigenvalue weighted by Crippen LogP contribution is -2.39. The maximum atomic E-state index is 12.4. The summed E-state index contributed by atoms with van der Waals surface area (Å²) in [7, 11) is 0. The summed E-state index contributed by atoms with van der Waals surface area (Å²) in [6.45, 7) is 8.77. The molecule has 6 nitrogen and oxygen atoms in total. The number of rotatable bonds is 5. The highest BCUT2D eigenvalue weighted by atomic mass is 16.4. The summed E-state index contributed by atoms with van der Waals surface area (Å²) in [5.74, 6) is 0.247. The van der Waals surface area contributed by atoms with Crippen LogP contribution in [-0.4, -0.2) is 39.4 Å². The first-order valence-corrected chi connectivity index (χ1v) is 6.61. The minimum atomic E-state index is -0.111. The van der Waals surface area contributed by atoms with Crippen LogP contribution >= 0.6 is 0 Å². The van der Waals surface area contributed by atoms with Crippen molar-refractivity contribution < 1.29 is 10.0 Å². The van der Waals surface area contributed by atoms with E-state index in [9.17, 15) is 4.79 Å². The minimum Gasteiger partial charge on any atom is -0.409 e. The molecule has 0 bridgehead atoms. The third-order valence-electron chi connectivity index (χ3n) is 2.83. The van der Waals surface area contributed by atoms with E-state index in [4.69, 9.17) is 10.9 Å². The van der Waals surface area contributed by atoms with Gasteiger partial charge in [0.25, 0.3) is 5.91 Å². The Morgan fingerprint density at radius 2 is 2.05 bits per heavy atom. The Morgan fingerprint density at radius 3 is 2.45 bits per heavy atom. The van der Waals surface area contributed by atoms with E-state index in [1.165, 1.54) is 6.20 Å². The predicted molar refractivity (Wildman–Crippen MR) is 77.8 cm³/mol. The third-order valence-corrected chi connectivity index (χ3v) is 2.83. The van der Waals surface area contributed by atoms with Gasteiger partial charge in [0.2, 0.25) is 0 Å². The molecule has 0 radical (unpaired) electrons. The molecule has 1 heterocycles. The van der Waals surface area contributed by atoms with E-state index in [2.05, 4.69) is 24.0 Å². The van der Waals surface area contributed by atoms with Crippen LogP contribution in [0.15, 0.2) is 23.5 Å². The van der Waals surface area contributed by atoms with Crippen LogP contribution in [0.2, 0.25) is 0 Å². The Hall–Kier alpha value is -2.11. The second kappa shape index (κ2) is 6.88. The van der Waals surface area contributed by atoms with Gasteiger partial charge in [-0.05, 0) is 31.9 Å². The van der Waals surface area contributed by atoms with Gasteiger partial charge in [0.15, 0.2) is 5.84 Å². The van der Waals surface area contributed by atoms with Crippen molar-refractivity contribution in [1.82, 2.24) is 9.88 Å². The van der Waals surface area contributed by atoms with Crippen molar-refractivity contribution in [2.75, 3.05) is 6.54 Å². The zero-order valence-electron chi connectivity index (χ0n) is 12.4. The largest absolute Gasteiger partial charge is 0.409 e. The van der Waals surface area contributed by atoms with Crippen molar-refractivity contribution in [2.24, 2.45) is 16.8 Å². The molecule has 0 spiro atoms. The van der Waals surface area contributed by atoms with Crippen LogP contribution in [0, 0.1) is 5.92 Å². The molecule has 3 N–H and O–H groups in total. The van der Waals surface area contributed by atoms with Crippen LogP contribution in [-0.2, 0) is 0 Å². The first-order chi connectivity index (χ1) is 9.36. The Morgan fingerprint density at radius 1 is 1.40 bits per heavy atom. The smallest absolute Gasteiger partial charge is 0.272 e. The molecule has 1 amide bonds. The lowest BCUT2D eigenvalue weighted by atomic mass is 10.1. The molecule has 0 fully saturated rings. The second-order valence-corrected chi connectivity index (χ2v) is 5.36. The highest BCUT2D eigenvalue weighted by molar-refractivity contribution is 5.98. The average molecular weight is 278 g/mol. The molecule has 0 atom stereocenters. The monoisotopic (exact) mass is 278 g/mol. The number of hydrogen-bond donors (Lipinski definition) is 2. The highest BCUT2D eigenvalue weighted by Gasteiger charge is 2.20. The van der Waals surface area contributed by atoms with E-state index in [1.54, 1.807) is 17.0 Å². The van der Waals surface area contributed by atoms with Crippen LogP contribution in [0.3, 0.4) is 0 Å².